The van der Waals surface area contributed by atoms with Gasteiger partial charge in [-0.1, -0.05) is 19.3 Å². The molecule has 0 unspecified atom stereocenters. The second kappa shape index (κ2) is 5.86. The molecule has 0 bridgehead atoms. The normalized spacial score (nSPS) is 19.8. The van der Waals surface area contributed by atoms with E-state index in [4.69, 9.17) is 0 Å². The molecule has 0 atom stereocenters. The van der Waals surface area contributed by atoms with Gasteiger partial charge in [0.15, 0.2) is 0 Å². The summed E-state index contributed by atoms with van der Waals surface area (Å²) in [6.07, 6.45) is 7.25. The molecular formula is C13H28N2. The molecule has 1 aliphatic carbocycles. The van der Waals surface area contributed by atoms with E-state index in [0.29, 0.717) is 0 Å². The first-order valence-corrected chi connectivity index (χ1v) is 6.42. The Labute approximate surface area is 95.4 Å². The summed E-state index contributed by atoms with van der Waals surface area (Å²) in [6, 6.07) is 0. The Morgan fingerprint density at radius 1 is 1.20 bits per heavy atom. The molecule has 1 saturated carbocycles. The molecule has 0 aromatic rings. The van der Waals surface area contributed by atoms with E-state index in [1.807, 2.05) is 7.05 Å². The predicted octanol–water partition coefficient (Wildman–Crippen LogP) is 2.50. The lowest BCUT2D eigenvalue weighted by atomic mass is 9.88. The first-order chi connectivity index (χ1) is 7.06. The zero-order valence-corrected chi connectivity index (χ0v) is 11.0. The molecule has 0 aromatic heterocycles. The molecule has 1 rings (SSSR count). The van der Waals surface area contributed by atoms with Gasteiger partial charge in [-0.05, 0) is 46.7 Å². The van der Waals surface area contributed by atoms with Crippen LogP contribution in [-0.2, 0) is 0 Å². The van der Waals surface area contributed by atoms with Crippen molar-refractivity contribution in [1.82, 2.24) is 10.2 Å². The maximum absolute atomic E-state index is 3.28. The minimum atomic E-state index is 0.284. The van der Waals surface area contributed by atoms with Crippen LogP contribution in [0.25, 0.3) is 0 Å². The summed E-state index contributed by atoms with van der Waals surface area (Å²) in [5.74, 6) is 0.944. The molecular weight excluding hydrogens is 184 g/mol. The number of likely N-dealkylation sites (N-methyl/N-ethyl adjacent to an activating group) is 2. The maximum atomic E-state index is 3.28. The van der Waals surface area contributed by atoms with Crippen molar-refractivity contribution in [2.24, 2.45) is 5.92 Å². The number of rotatable bonds is 5. The first-order valence-electron chi connectivity index (χ1n) is 6.42. The average molecular weight is 212 g/mol. The lowest BCUT2D eigenvalue weighted by molar-refractivity contribution is 0.119. The molecule has 2 nitrogen and oxygen atoms in total. The molecule has 15 heavy (non-hydrogen) atoms. The zero-order chi connectivity index (χ0) is 11.3. The fourth-order valence-electron chi connectivity index (χ4n) is 2.57. The Hall–Kier alpha value is -0.0800. The van der Waals surface area contributed by atoms with Crippen LogP contribution in [-0.4, -0.2) is 37.6 Å². The minimum absolute atomic E-state index is 0.284. The van der Waals surface area contributed by atoms with Gasteiger partial charge >= 0.3 is 0 Å². The third kappa shape index (κ3) is 4.12. The number of hydrogen-bond acceptors (Lipinski definition) is 2. The van der Waals surface area contributed by atoms with E-state index >= 15 is 0 Å². The Morgan fingerprint density at radius 3 is 2.33 bits per heavy atom. The van der Waals surface area contributed by atoms with Crippen LogP contribution in [0.5, 0.6) is 0 Å². The van der Waals surface area contributed by atoms with E-state index in [1.54, 1.807) is 0 Å². The molecule has 0 aliphatic heterocycles. The highest BCUT2D eigenvalue weighted by molar-refractivity contribution is 4.83. The predicted molar refractivity (Wildman–Crippen MR) is 67.2 cm³/mol. The van der Waals surface area contributed by atoms with Crippen LogP contribution >= 0.6 is 0 Å². The fraction of sp³-hybridized carbons (Fsp3) is 1.00. The number of nitrogens with zero attached hydrogens (tertiary/aromatic N) is 1. The third-order valence-corrected chi connectivity index (χ3v) is 3.90. The third-order valence-electron chi connectivity index (χ3n) is 3.90. The second-order valence-electron chi connectivity index (χ2n) is 5.73. The second-order valence-corrected chi connectivity index (χ2v) is 5.73. The van der Waals surface area contributed by atoms with Crippen LogP contribution in [0.4, 0.5) is 0 Å². The standard InChI is InChI=1S/C13H28N2/c1-13(2,11-14-3)15(4)10-12-8-6-5-7-9-12/h12,14H,5-11H2,1-4H3. The minimum Gasteiger partial charge on any atom is -0.318 e. The molecule has 0 amide bonds. The summed E-state index contributed by atoms with van der Waals surface area (Å²) in [7, 11) is 4.31. The van der Waals surface area contributed by atoms with Gasteiger partial charge in [0.25, 0.3) is 0 Å². The SMILES string of the molecule is CNCC(C)(C)N(C)CC1CCCCC1. The summed E-state index contributed by atoms with van der Waals surface area (Å²) in [4.78, 5) is 2.53. The molecule has 0 spiro atoms. The van der Waals surface area contributed by atoms with Gasteiger partial charge < -0.3 is 5.32 Å². The number of hydrogen-bond donors (Lipinski definition) is 1. The lowest BCUT2D eigenvalue weighted by Crippen LogP contribution is -2.49. The van der Waals surface area contributed by atoms with Crippen molar-refractivity contribution in [3.8, 4) is 0 Å². The zero-order valence-electron chi connectivity index (χ0n) is 11.0. The highest BCUT2D eigenvalue weighted by Gasteiger charge is 2.25. The van der Waals surface area contributed by atoms with Gasteiger partial charge in [-0.3, -0.25) is 4.90 Å². The van der Waals surface area contributed by atoms with Crippen LogP contribution < -0.4 is 5.32 Å². The Balaban J connectivity index is 2.35. The quantitative estimate of drug-likeness (QED) is 0.753. The summed E-state index contributed by atoms with van der Waals surface area (Å²) in [5.41, 5.74) is 0.284. The van der Waals surface area contributed by atoms with E-state index in [1.165, 1.54) is 38.6 Å². The van der Waals surface area contributed by atoms with E-state index < -0.39 is 0 Å². The molecule has 0 saturated heterocycles. The lowest BCUT2D eigenvalue weighted by Gasteiger charge is -2.38. The van der Waals surface area contributed by atoms with Crippen molar-refractivity contribution < 1.29 is 0 Å². The van der Waals surface area contributed by atoms with Crippen LogP contribution in [0.15, 0.2) is 0 Å². The van der Waals surface area contributed by atoms with Gasteiger partial charge in [0.1, 0.15) is 0 Å². The summed E-state index contributed by atoms with van der Waals surface area (Å²) >= 11 is 0. The fourth-order valence-corrected chi connectivity index (χ4v) is 2.57. The summed E-state index contributed by atoms with van der Waals surface area (Å²) in [6.45, 7) is 6.99. The summed E-state index contributed by atoms with van der Waals surface area (Å²) < 4.78 is 0. The van der Waals surface area contributed by atoms with Gasteiger partial charge in [0, 0.05) is 18.6 Å². The Bertz CT molecular complexity index is 171. The number of nitrogens with one attached hydrogen (secondary N) is 1. The monoisotopic (exact) mass is 212 g/mol. The maximum Gasteiger partial charge on any atom is 0.0274 e. The van der Waals surface area contributed by atoms with Crippen LogP contribution in [0.1, 0.15) is 46.0 Å². The molecule has 90 valence electrons. The molecule has 1 aliphatic rings. The Kier molecular flexibility index (Phi) is 5.07. The van der Waals surface area contributed by atoms with E-state index in [0.717, 1.165) is 12.5 Å². The largest absolute Gasteiger partial charge is 0.318 e. The van der Waals surface area contributed by atoms with Crippen LogP contribution in [0, 0.1) is 5.92 Å². The van der Waals surface area contributed by atoms with Crippen molar-refractivity contribution in [1.29, 1.82) is 0 Å². The highest BCUT2D eigenvalue weighted by atomic mass is 15.2. The molecule has 0 heterocycles. The van der Waals surface area contributed by atoms with E-state index in [-0.39, 0.29) is 5.54 Å². The molecule has 0 aromatic carbocycles. The van der Waals surface area contributed by atoms with E-state index in [9.17, 15) is 0 Å². The molecule has 2 heteroatoms. The van der Waals surface area contributed by atoms with Crippen molar-refractivity contribution in [2.75, 3.05) is 27.2 Å². The first kappa shape index (κ1) is 13.0. The highest BCUT2D eigenvalue weighted by Crippen LogP contribution is 2.25. The molecule has 1 N–H and O–H groups in total. The average Bonchev–Trinajstić information content (AvgIpc) is 2.19. The van der Waals surface area contributed by atoms with Gasteiger partial charge in [0.2, 0.25) is 0 Å². The van der Waals surface area contributed by atoms with Crippen molar-refractivity contribution in [3.63, 3.8) is 0 Å². The van der Waals surface area contributed by atoms with Crippen molar-refractivity contribution in [3.05, 3.63) is 0 Å². The van der Waals surface area contributed by atoms with Gasteiger partial charge in [0.05, 0.1) is 0 Å². The topological polar surface area (TPSA) is 15.3 Å². The van der Waals surface area contributed by atoms with Gasteiger partial charge in [-0.25, -0.2) is 0 Å². The van der Waals surface area contributed by atoms with Crippen molar-refractivity contribution >= 4 is 0 Å². The summed E-state index contributed by atoms with van der Waals surface area (Å²) in [5, 5.41) is 3.28. The molecule has 0 radical (unpaired) electrons. The van der Waals surface area contributed by atoms with Gasteiger partial charge in [-0.15, -0.1) is 0 Å². The van der Waals surface area contributed by atoms with Crippen molar-refractivity contribution in [2.45, 2.75) is 51.5 Å². The smallest absolute Gasteiger partial charge is 0.0274 e. The van der Waals surface area contributed by atoms with Crippen LogP contribution in [0.2, 0.25) is 0 Å². The molecule has 1 fully saturated rings. The van der Waals surface area contributed by atoms with Gasteiger partial charge in [-0.2, -0.15) is 0 Å². The Morgan fingerprint density at radius 2 is 1.80 bits per heavy atom. The van der Waals surface area contributed by atoms with Crippen LogP contribution in [0.3, 0.4) is 0 Å². The van der Waals surface area contributed by atoms with E-state index in [2.05, 4.69) is 31.1 Å².